The summed E-state index contributed by atoms with van der Waals surface area (Å²) in [5.74, 6) is -1.95. The normalized spacial score (nSPS) is 10.8. The number of phenolic OH excluding ortho intramolecular Hbond substituents is 1. The van der Waals surface area contributed by atoms with Gasteiger partial charge in [0, 0.05) is 12.3 Å². The molecule has 9 nitrogen and oxygen atoms in total. The number of hydrogen-bond donors (Lipinski definition) is 2. The molecule has 0 unspecified atom stereocenters. The summed E-state index contributed by atoms with van der Waals surface area (Å²) in [5.41, 5.74) is 0.520. The van der Waals surface area contributed by atoms with Crippen molar-refractivity contribution in [3.05, 3.63) is 59.7 Å². The molecule has 0 heterocycles. The molecule has 0 aliphatic rings. The molecule has 0 aromatic heterocycles. The third-order valence-electron chi connectivity index (χ3n) is 4.39. The Bertz CT molecular complexity index is 1220. The van der Waals surface area contributed by atoms with Crippen LogP contribution in [-0.4, -0.2) is 37.2 Å². The summed E-state index contributed by atoms with van der Waals surface area (Å²) < 4.78 is 9.46. The number of nitrogens with one attached hydrogen (secondary N) is 1. The molecule has 9 heteroatoms. The van der Waals surface area contributed by atoms with Crippen molar-refractivity contribution in [1.82, 2.24) is 0 Å². The molecule has 3 aromatic carbocycles. The van der Waals surface area contributed by atoms with Gasteiger partial charge in [0.25, 0.3) is 0 Å². The van der Waals surface area contributed by atoms with Crippen molar-refractivity contribution >= 4 is 45.7 Å². The van der Waals surface area contributed by atoms with Crippen LogP contribution in [0.3, 0.4) is 0 Å². The zero-order valence-electron chi connectivity index (χ0n) is 17.0. The average Bonchev–Trinajstić information content (AvgIpc) is 2.77. The highest BCUT2D eigenvalue weighted by atomic mass is 16.5. The third-order valence-corrected chi connectivity index (χ3v) is 4.39. The van der Waals surface area contributed by atoms with Gasteiger partial charge in [-0.15, -0.1) is 10.2 Å². The van der Waals surface area contributed by atoms with E-state index >= 15 is 0 Å². The van der Waals surface area contributed by atoms with Gasteiger partial charge in [-0.05, 0) is 29.7 Å². The van der Waals surface area contributed by atoms with Gasteiger partial charge in [-0.1, -0.05) is 24.3 Å². The topological polar surface area (TPSA) is 127 Å². The molecule has 158 valence electrons. The van der Waals surface area contributed by atoms with E-state index in [2.05, 4.69) is 15.5 Å². The number of benzene rings is 3. The maximum atomic E-state index is 12.1. The molecule has 31 heavy (non-hydrogen) atoms. The van der Waals surface area contributed by atoms with Crippen LogP contribution in [0, 0.1) is 0 Å². The summed E-state index contributed by atoms with van der Waals surface area (Å²) in [6.07, 6.45) is 0. The Morgan fingerprint density at radius 3 is 2.32 bits per heavy atom. The van der Waals surface area contributed by atoms with E-state index in [-0.39, 0.29) is 39.8 Å². The first-order valence-electron chi connectivity index (χ1n) is 9.10. The smallest absolute Gasteiger partial charge is 0.340 e. The average molecular weight is 421 g/mol. The molecule has 0 saturated heterocycles. The summed E-state index contributed by atoms with van der Waals surface area (Å²) in [5, 5.41) is 22.7. The first-order valence-corrected chi connectivity index (χ1v) is 9.10. The van der Waals surface area contributed by atoms with E-state index in [1.54, 1.807) is 30.3 Å². The zero-order valence-corrected chi connectivity index (χ0v) is 17.0. The van der Waals surface area contributed by atoms with Gasteiger partial charge in [-0.25, -0.2) is 9.59 Å². The number of rotatable bonds is 5. The summed E-state index contributed by atoms with van der Waals surface area (Å²) in [6, 6.07) is 12.8. The monoisotopic (exact) mass is 421 g/mol. The maximum absolute atomic E-state index is 12.1. The minimum absolute atomic E-state index is 0.0446. The van der Waals surface area contributed by atoms with Gasteiger partial charge >= 0.3 is 11.9 Å². The van der Waals surface area contributed by atoms with Crippen molar-refractivity contribution in [2.75, 3.05) is 19.5 Å². The lowest BCUT2D eigenvalue weighted by molar-refractivity contribution is -0.114. The van der Waals surface area contributed by atoms with Gasteiger partial charge in [0.1, 0.15) is 11.4 Å². The highest BCUT2D eigenvalue weighted by molar-refractivity contribution is 6.03. The van der Waals surface area contributed by atoms with Crippen molar-refractivity contribution in [2.24, 2.45) is 10.2 Å². The number of carbonyl (C=O) groups is 3. The molecule has 0 atom stereocenters. The maximum Gasteiger partial charge on any atom is 0.340 e. The number of fused-ring (bicyclic) bond motifs is 1. The Labute approximate surface area is 177 Å². The van der Waals surface area contributed by atoms with E-state index in [4.69, 9.17) is 9.47 Å². The molecule has 2 N–H and O–H groups in total. The number of carbonyl (C=O) groups excluding carboxylic acids is 3. The molecule has 0 fully saturated rings. The number of ether oxygens (including phenoxy) is 2. The van der Waals surface area contributed by atoms with Gasteiger partial charge in [0.15, 0.2) is 5.75 Å². The second-order valence-corrected chi connectivity index (χ2v) is 6.44. The molecule has 1 amide bonds. The minimum Gasteiger partial charge on any atom is -0.504 e. The fourth-order valence-corrected chi connectivity index (χ4v) is 2.95. The lowest BCUT2D eigenvalue weighted by atomic mass is 10.1. The van der Waals surface area contributed by atoms with E-state index in [0.717, 1.165) is 0 Å². The summed E-state index contributed by atoms with van der Waals surface area (Å²) >= 11 is 0. The highest BCUT2D eigenvalue weighted by Gasteiger charge is 2.17. The Morgan fingerprint density at radius 1 is 0.935 bits per heavy atom. The first-order chi connectivity index (χ1) is 14.8. The fourth-order valence-electron chi connectivity index (χ4n) is 2.95. The fraction of sp³-hybridized carbons (Fsp3) is 0.136. The van der Waals surface area contributed by atoms with Crippen molar-refractivity contribution in [1.29, 1.82) is 0 Å². The SMILES string of the molecule is COC(=O)c1ccc(C(=O)OC)c(N=Nc2c(O)c(NC(C)=O)cc3ccccc23)c1. The molecule has 0 aliphatic heterocycles. The number of anilines is 1. The standard InChI is InChI=1S/C22H19N3O6/c1-12(26)23-18-10-13-6-4-5-7-15(13)19(20(18)27)25-24-17-11-14(21(28)30-2)8-9-16(17)22(29)31-3/h4-11,27H,1-3H3,(H,23,26). The largest absolute Gasteiger partial charge is 0.504 e. The first kappa shape index (κ1) is 21.4. The van der Waals surface area contributed by atoms with Crippen LogP contribution in [-0.2, 0) is 14.3 Å². The number of hydrogen-bond acceptors (Lipinski definition) is 8. The van der Waals surface area contributed by atoms with Crippen LogP contribution in [0.5, 0.6) is 5.75 Å². The molecule has 0 aliphatic carbocycles. The number of phenols is 1. The summed E-state index contributed by atoms with van der Waals surface area (Å²) in [6.45, 7) is 1.32. The van der Waals surface area contributed by atoms with Crippen molar-refractivity contribution in [3.63, 3.8) is 0 Å². The number of aromatic hydroxyl groups is 1. The quantitative estimate of drug-likeness (QED) is 0.355. The molecule has 0 radical (unpaired) electrons. The van der Waals surface area contributed by atoms with E-state index in [9.17, 15) is 19.5 Å². The van der Waals surface area contributed by atoms with Gasteiger partial charge in [-0.3, -0.25) is 4.79 Å². The lowest BCUT2D eigenvalue weighted by Gasteiger charge is -2.11. The van der Waals surface area contributed by atoms with E-state index < -0.39 is 11.9 Å². The number of amides is 1. The van der Waals surface area contributed by atoms with Crippen molar-refractivity contribution in [3.8, 4) is 5.75 Å². The summed E-state index contributed by atoms with van der Waals surface area (Å²) in [7, 11) is 2.45. The Kier molecular flexibility index (Phi) is 6.25. The zero-order chi connectivity index (χ0) is 22.5. The van der Waals surface area contributed by atoms with Crippen LogP contribution in [0.25, 0.3) is 10.8 Å². The molecule has 0 saturated carbocycles. The van der Waals surface area contributed by atoms with Crippen molar-refractivity contribution in [2.45, 2.75) is 6.92 Å². The Hall–Kier alpha value is -4.27. The van der Waals surface area contributed by atoms with Crippen LogP contribution < -0.4 is 5.32 Å². The Balaban J connectivity index is 2.19. The number of esters is 2. The van der Waals surface area contributed by atoms with Gasteiger partial charge < -0.3 is 19.9 Å². The van der Waals surface area contributed by atoms with Crippen LogP contribution in [0.1, 0.15) is 27.6 Å². The second kappa shape index (κ2) is 9.04. The number of azo groups is 1. The molecule has 3 aromatic rings. The van der Waals surface area contributed by atoms with Crippen LogP contribution >= 0.6 is 0 Å². The van der Waals surface area contributed by atoms with Gasteiger partial charge in [-0.2, -0.15) is 0 Å². The molecular formula is C22H19N3O6. The predicted octanol–water partition coefficient (Wildman–Crippen LogP) is 4.49. The van der Waals surface area contributed by atoms with Crippen LogP contribution in [0.4, 0.5) is 17.1 Å². The molecule has 3 rings (SSSR count). The predicted molar refractivity (Wildman–Crippen MR) is 113 cm³/mol. The van der Waals surface area contributed by atoms with Gasteiger partial charge in [0.05, 0.1) is 31.0 Å². The Morgan fingerprint density at radius 2 is 1.65 bits per heavy atom. The molecule has 0 bridgehead atoms. The van der Waals surface area contributed by atoms with Crippen LogP contribution in [0.2, 0.25) is 0 Å². The number of nitrogens with zero attached hydrogens (tertiary/aromatic N) is 2. The van der Waals surface area contributed by atoms with E-state index in [1.165, 1.54) is 39.3 Å². The second-order valence-electron chi connectivity index (χ2n) is 6.44. The van der Waals surface area contributed by atoms with E-state index in [1.807, 2.05) is 0 Å². The lowest BCUT2D eigenvalue weighted by Crippen LogP contribution is -2.06. The minimum atomic E-state index is -0.675. The van der Waals surface area contributed by atoms with Crippen LogP contribution in [0.15, 0.2) is 58.8 Å². The van der Waals surface area contributed by atoms with E-state index in [0.29, 0.717) is 10.8 Å². The van der Waals surface area contributed by atoms with Gasteiger partial charge in [0.2, 0.25) is 5.91 Å². The number of methoxy groups -OCH3 is 2. The highest BCUT2D eigenvalue weighted by Crippen LogP contribution is 2.42. The molecular weight excluding hydrogens is 402 g/mol. The molecule has 0 spiro atoms. The summed E-state index contributed by atoms with van der Waals surface area (Å²) in [4.78, 5) is 35.5. The third kappa shape index (κ3) is 4.50. The van der Waals surface area contributed by atoms with Crippen molar-refractivity contribution < 1.29 is 29.0 Å².